The summed E-state index contributed by atoms with van der Waals surface area (Å²) >= 11 is 0. The van der Waals surface area contributed by atoms with Gasteiger partial charge in [0.25, 0.3) is 0 Å². The first kappa shape index (κ1) is 32.3. The van der Waals surface area contributed by atoms with Gasteiger partial charge in [0.2, 0.25) is 0 Å². The van der Waals surface area contributed by atoms with Crippen LogP contribution in [0.4, 0.5) is 0 Å². The maximum Gasteiger partial charge on any atom is 0.160 e. The van der Waals surface area contributed by atoms with Crippen molar-refractivity contribution in [2.45, 2.75) is 0 Å². The fourth-order valence-corrected chi connectivity index (χ4v) is 7.83. The van der Waals surface area contributed by atoms with Gasteiger partial charge in [0.1, 0.15) is 0 Å². The van der Waals surface area contributed by atoms with E-state index in [0.717, 1.165) is 50.5 Å². The number of benzene rings is 8. The summed E-state index contributed by atoms with van der Waals surface area (Å²) in [6.07, 6.45) is 0. The number of nitrogens with zero attached hydrogens (tertiary/aromatic N) is 3. The number of hydrogen-bond acceptors (Lipinski definition) is 2. The van der Waals surface area contributed by atoms with Crippen molar-refractivity contribution in [3.8, 4) is 73.0 Å². The predicted octanol–water partition coefficient (Wildman–Crippen LogP) is 13.6. The molecular formula is C52H35N3. The average Bonchev–Trinajstić information content (AvgIpc) is 3.61. The summed E-state index contributed by atoms with van der Waals surface area (Å²) in [5.41, 5.74) is 15.3. The maximum absolute atomic E-state index is 5.18. The van der Waals surface area contributed by atoms with E-state index in [4.69, 9.17) is 9.97 Å². The zero-order valence-corrected chi connectivity index (χ0v) is 30.0. The fraction of sp³-hybridized carbons (Fsp3) is 0. The second-order valence-corrected chi connectivity index (χ2v) is 13.8. The van der Waals surface area contributed by atoms with E-state index in [2.05, 4.69) is 193 Å². The monoisotopic (exact) mass is 701 g/mol. The molecule has 0 bridgehead atoms. The summed E-state index contributed by atoms with van der Waals surface area (Å²) in [6, 6.07) is 75.2. The first-order valence-electron chi connectivity index (χ1n) is 18.7. The third-order valence-electron chi connectivity index (χ3n) is 10.4. The summed E-state index contributed by atoms with van der Waals surface area (Å²) in [6.45, 7) is 0. The van der Waals surface area contributed by atoms with Crippen molar-refractivity contribution in [3.05, 3.63) is 212 Å². The minimum Gasteiger partial charge on any atom is -0.309 e. The SMILES string of the molecule is c1ccc(-c2cc(-c3ccc(-c4ccc(-n5c6ccccc6c6ccccc65)cc4-c4ccccc4)c(-c4ccccc4)c3)nc(-c3ccccc3)n2)cc1. The number of aromatic nitrogens is 3. The van der Waals surface area contributed by atoms with Crippen LogP contribution < -0.4 is 0 Å². The molecule has 258 valence electrons. The van der Waals surface area contributed by atoms with Crippen molar-refractivity contribution < 1.29 is 0 Å². The first-order chi connectivity index (χ1) is 27.3. The van der Waals surface area contributed by atoms with Crippen molar-refractivity contribution >= 4 is 21.8 Å². The Morgan fingerprint density at radius 1 is 0.291 bits per heavy atom. The highest BCUT2D eigenvalue weighted by Crippen LogP contribution is 2.42. The van der Waals surface area contributed by atoms with E-state index >= 15 is 0 Å². The van der Waals surface area contributed by atoms with Gasteiger partial charge in [-0.05, 0) is 69.8 Å². The van der Waals surface area contributed by atoms with E-state index in [9.17, 15) is 0 Å². The van der Waals surface area contributed by atoms with Gasteiger partial charge < -0.3 is 4.57 Å². The number of hydrogen-bond donors (Lipinski definition) is 0. The van der Waals surface area contributed by atoms with Crippen molar-refractivity contribution in [2.75, 3.05) is 0 Å². The Balaban J connectivity index is 1.19. The lowest BCUT2D eigenvalue weighted by atomic mass is 9.87. The minimum absolute atomic E-state index is 0.703. The van der Waals surface area contributed by atoms with Gasteiger partial charge >= 0.3 is 0 Å². The lowest BCUT2D eigenvalue weighted by Crippen LogP contribution is -1.98. The minimum atomic E-state index is 0.703. The molecule has 0 radical (unpaired) electrons. The van der Waals surface area contributed by atoms with Gasteiger partial charge in [-0.3, -0.25) is 0 Å². The highest BCUT2D eigenvalue weighted by atomic mass is 15.0. The highest BCUT2D eigenvalue weighted by Gasteiger charge is 2.19. The number of para-hydroxylation sites is 2. The van der Waals surface area contributed by atoms with Crippen molar-refractivity contribution in [1.29, 1.82) is 0 Å². The molecule has 0 fully saturated rings. The molecule has 0 N–H and O–H groups in total. The molecule has 0 unspecified atom stereocenters. The molecule has 0 aliphatic heterocycles. The van der Waals surface area contributed by atoms with Crippen molar-refractivity contribution in [3.63, 3.8) is 0 Å². The Hall–Kier alpha value is -7.36. The van der Waals surface area contributed by atoms with Crippen LogP contribution in [0.5, 0.6) is 0 Å². The van der Waals surface area contributed by atoms with Crippen LogP contribution in [0.15, 0.2) is 212 Å². The largest absolute Gasteiger partial charge is 0.309 e. The molecule has 10 rings (SSSR count). The molecule has 8 aromatic carbocycles. The van der Waals surface area contributed by atoms with Crippen molar-refractivity contribution in [1.82, 2.24) is 14.5 Å². The van der Waals surface area contributed by atoms with Crippen LogP contribution in [-0.2, 0) is 0 Å². The standard InChI is InChI=1S/C52H35N3/c1-5-17-36(18-6-1)46-33-40(49-35-48(38-21-9-3-10-22-38)53-52(54-49)39-23-11-4-12-24-39)29-31-42(46)43-32-30-41(34-47(43)37-19-7-2-8-20-37)55-50-27-15-13-25-44(50)45-26-14-16-28-51(45)55/h1-35H. The van der Waals surface area contributed by atoms with Gasteiger partial charge in [-0.25, -0.2) is 9.97 Å². The molecule has 0 atom stereocenters. The van der Waals surface area contributed by atoms with Gasteiger partial charge in [0, 0.05) is 33.2 Å². The average molecular weight is 702 g/mol. The zero-order valence-electron chi connectivity index (χ0n) is 30.0. The second-order valence-electron chi connectivity index (χ2n) is 13.8. The summed E-state index contributed by atoms with van der Waals surface area (Å²) in [7, 11) is 0. The van der Waals surface area contributed by atoms with Crippen LogP contribution in [0.1, 0.15) is 0 Å². The lowest BCUT2D eigenvalue weighted by molar-refractivity contribution is 1.18. The fourth-order valence-electron chi connectivity index (χ4n) is 7.83. The molecular weight excluding hydrogens is 667 g/mol. The predicted molar refractivity (Wildman–Crippen MR) is 229 cm³/mol. The number of rotatable bonds is 7. The molecule has 0 amide bonds. The number of fused-ring (bicyclic) bond motifs is 3. The Labute approximate surface area is 320 Å². The van der Waals surface area contributed by atoms with E-state index in [1.54, 1.807) is 0 Å². The molecule has 0 spiro atoms. The van der Waals surface area contributed by atoms with Crippen LogP contribution >= 0.6 is 0 Å². The molecule has 2 aromatic heterocycles. The summed E-state index contributed by atoms with van der Waals surface area (Å²) in [4.78, 5) is 10.2. The van der Waals surface area contributed by atoms with Gasteiger partial charge in [-0.1, -0.05) is 176 Å². The molecule has 3 nitrogen and oxygen atoms in total. The normalized spacial score (nSPS) is 11.3. The van der Waals surface area contributed by atoms with E-state index < -0.39 is 0 Å². The molecule has 0 aliphatic rings. The third kappa shape index (κ3) is 5.98. The smallest absolute Gasteiger partial charge is 0.160 e. The molecule has 0 saturated heterocycles. The van der Waals surface area contributed by atoms with Gasteiger partial charge in [-0.2, -0.15) is 0 Å². The van der Waals surface area contributed by atoms with Crippen LogP contribution in [0.2, 0.25) is 0 Å². The Kier molecular flexibility index (Phi) is 8.16. The Morgan fingerprint density at radius 3 is 1.29 bits per heavy atom. The second kappa shape index (κ2) is 13.9. The van der Waals surface area contributed by atoms with E-state index in [1.165, 1.54) is 38.5 Å². The van der Waals surface area contributed by atoms with E-state index in [-0.39, 0.29) is 0 Å². The summed E-state index contributed by atoms with van der Waals surface area (Å²) < 4.78 is 2.39. The van der Waals surface area contributed by atoms with Gasteiger partial charge in [-0.15, -0.1) is 0 Å². The zero-order chi connectivity index (χ0) is 36.6. The highest BCUT2D eigenvalue weighted by molar-refractivity contribution is 6.09. The topological polar surface area (TPSA) is 30.7 Å². The van der Waals surface area contributed by atoms with E-state index in [1.807, 2.05) is 24.3 Å². The molecule has 10 aromatic rings. The maximum atomic E-state index is 5.18. The summed E-state index contributed by atoms with van der Waals surface area (Å²) in [5.74, 6) is 0.703. The molecule has 3 heteroatoms. The summed E-state index contributed by atoms with van der Waals surface area (Å²) in [5, 5.41) is 2.50. The first-order valence-corrected chi connectivity index (χ1v) is 18.7. The van der Waals surface area contributed by atoms with Gasteiger partial charge in [0.15, 0.2) is 5.82 Å². The van der Waals surface area contributed by atoms with Crippen LogP contribution in [-0.4, -0.2) is 14.5 Å². The van der Waals surface area contributed by atoms with Crippen LogP contribution in [0.25, 0.3) is 94.8 Å². The lowest BCUT2D eigenvalue weighted by Gasteiger charge is -2.19. The quantitative estimate of drug-likeness (QED) is 0.166. The Bertz CT molecular complexity index is 2840. The van der Waals surface area contributed by atoms with Gasteiger partial charge in [0.05, 0.1) is 22.4 Å². The van der Waals surface area contributed by atoms with Crippen LogP contribution in [0.3, 0.4) is 0 Å². The molecule has 2 heterocycles. The third-order valence-corrected chi connectivity index (χ3v) is 10.4. The molecule has 0 aliphatic carbocycles. The van der Waals surface area contributed by atoms with Crippen LogP contribution in [0, 0.1) is 0 Å². The van der Waals surface area contributed by atoms with E-state index in [0.29, 0.717) is 5.82 Å². The Morgan fingerprint density at radius 2 is 0.727 bits per heavy atom. The molecule has 55 heavy (non-hydrogen) atoms. The molecule has 0 saturated carbocycles. The van der Waals surface area contributed by atoms with Crippen molar-refractivity contribution in [2.24, 2.45) is 0 Å².